The Morgan fingerprint density at radius 2 is 2.00 bits per heavy atom. The Morgan fingerprint density at radius 1 is 1.31 bits per heavy atom. The van der Waals surface area contributed by atoms with Crippen molar-refractivity contribution in [3.05, 3.63) is 33.2 Å². The normalized spacial score (nSPS) is 10.5. The highest BCUT2D eigenvalue weighted by Crippen LogP contribution is 2.22. The Labute approximate surface area is 76.7 Å². The summed E-state index contributed by atoms with van der Waals surface area (Å²) in [5, 5.41) is 10.4. The lowest BCUT2D eigenvalue weighted by molar-refractivity contribution is -0.384. The monoisotopic (exact) mass is 197 g/mol. The maximum Gasteiger partial charge on any atom is 0.363 e. The van der Waals surface area contributed by atoms with E-state index in [2.05, 4.69) is 12.2 Å². The molecule has 2 aromatic rings. The molecule has 0 aliphatic heterocycles. The molecule has 0 bridgehead atoms. The largest absolute Gasteiger partial charge is 0.413 e. The van der Waals surface area contributed by atoms with Crippen LogP contribution in [0.3, 0.4) is 0 Å². The van der Waals surface area contributed by atoms with Crippen molar-refractivity contribution in [2.45, 2.75) is 0 Å². The van der Waals surface area contributed by atoms with Gasteiger partial charge in [0.05, 0.1) is 11.0 Å². The first kappa shape index (κ1) is 7.93. The molecule has 0 amide bonds. The summed E-state index contributed by atoms with van der Waals surface area (Å²) in [5.41, 5.74) is 0.654. The van der Waals surface area contributed by atoms with Crippen LogP contribution in [0.15, 0.2) is 27.0 Å². The van der Waals surface area contributed by atoms with Gasteiger partial charge in [-0.25, -0.2) is 0 Å². The van der Waals surface area contributed by atoms with Crippen molar-refractivity contribution in [1.82, 2.24) is 0 Å². The second-order valence-electron chi connectivity index (χ2n) is 2.34. The number of rotatable bonds is 1. The summed E-state index contributed by atoms with van der Waals surface area (Å²) < 4.78 is 9.83. The van der Waals surface area contributed by atoms with E-state index in [9.17, 15) is 10.1 Å². The van der Waals surface area contributed by atoms with E-state index in [4.69, 9.17) is 8.83 Å². The van der Waals surface area contributed by atoms with E-state index < -0.39 is 4.92 Å². The topological polar surface area (TPSA) is 69.4 Å². The summed E-state index contributed by atoms with van der Waals surface area (Å²) in [6, 6.07) is 4.05. The summed E-state index contributed by atoms with van der Waals surface area (Å²) in [6.45, 7) is 0. The number of benzene rings is 1. The fourth-order valence-corrected chi connectivity index (χ4v) is 1.15. The van der Waals surface area contributed by atoms with Crippen LogP contribution in [0.2, 0.25) is 0 Å². The molecule has 1 aromatic carbocycles. The van der Waals surface area contributed by atoms with Crippen molar-refractivity contribution in [2.75, 3.05) is 0 Å². The number of nitro benzene ring substituents is 1. The lowest BCUT2D eigenvalue weighted by Gasteiger charge is -1.87. The van der Waals surface area contributed by atoms with Gasteiger partial charge in [0.25, 0.3) is 5.69 Å². The number of nitrogens with zero attached hydrogens (tertiary/aromatic N) is 1. The zero-order valence-corrected chi connectivity index (χ0v) is 7.04. The standard InChI is InChI=1S/C7H3NO4S/c9-8(10)4-1-2-5-6(3-4)12-7(13)11-5/h1-3H. The fourth-order valence-electron chi connectivity index (χ4n) is 0.975. The van der Waals surface area contributed by atoms with Crippen molar-refractivity contribution in [2.24, 2.45) is 0 Å². The van der Waals surface area contributed by atoms with Gasteiger partial charge < -0.3 is 8.83 Å². The van der Waals surface area contributed by atoms with Gasteiger partial charge in [-0.15, -0.1) is 0 Å². The third kappa shape index (κ3) is 1.31. The number of nitro groups is 1. The van der Waals surface area contributed by atoms with Gasteiger partial charge in [0, 0.05) is 18.3 Å². The summed E-state index contributed by atoms with van der Waals surface area (Å²) >= 11 is 4.62. The molecule has 1 aromatic heterocycles. The van der Waals surface area contributed by atoms with Gasteiger partial charge in [0.1, 0.15) is 0 Å². The zero-order valence-electron chi connectivity index (χ0n) is 6.22. The predicted molar refractivity (Wildman–Crippen MR) is 46.0 cm³/mol. The predicted octanol–water partition coefficient (Wildman–Crippen LogP) is 2.66. The molecule has 0 radical (unpaired) electrons. The molecule has 0 fully saturated rings. The highest BCUT2D eigenvalue weighted by atomic mass is 32.1. The first-order valence-corrected chi connectivity index (χ1v) is 3.76. The van der Waals surface area contributed by atoms with Gasteiger partial charge in [0.15, 0.2) is 11.2 Å². The molecule has 0 atom stereocenters. The Morgan fingerprint density at radius 3 is 2.69 bits per heavy atom. The van der Waals surface area contributed by atoms with Gasteiger partial charge in [0.2, 0.25) is 0 Å². The first-order valence-electron chi connectivity index (χ1n) is 3.35. The van der Waals surface area contributed by atoms with Crippen LogP contribution in [-0.4, -0.2) is 4.92 Å². The van der Waals surface area contributed by atoms with Crippen LogP contribution in [0.1, 0.15) is 0 Å². The highest BCUT2D eigenvalue weighted by molar-refractivity contribution is 7.71. The van der Waals surface area contributed by atoms with Gasteiger partial charge in [-0.1, -0.05) is 0 Å². The van der Waals surface area contributed by atoms with Crippen molar-refractivity contribution in [1.29, 1.82) is 0 Å². The van der Waals surface area contributed by atoms with Crippen molar-refractivity contribution < 1.29 is 13.8 Å². The van der Waals surface area contributed by atoms with E-state index in [-0.39, 0.29) is 10.6 Å². The number of hydrogen-bond donors (Lipinski definition) is 0. The molecule has 0 N–H and O–H groups in total. The van der Waals surface area contributed by atoms with Crippen LogP contribution >= 0.6 is 12.2 Å². The number of non-ortho nitro benzene ring substituents is 1. The van der Waals surface area contributed by atoms with Gasteiger partial charge >= 0.3 is 4.90 Å². The molecule has 0 spiro atoms. The Kier molecular flexibility index (Phi) is 1.63. The van der Waals surface area contributed by atoms with Crippen LogP contribution in [0.25, 0.3) is 11.2 Å². The average molecular weight is 197 g/mol. The van der Waals surface area contributed by atoms with Gasteiger partial charge in [-0.3, -0.25) is 10.1 Å². The lowest BCUT2D eigenvalue weighted by atomic mass is 10.3. The molecule has 0 saturated carbocycles. The smallest absolute Gasteiger partial charge is 0.363 e. The minimum Gasteiger partial charge on any atom is -0.413 e. The molecule has 1 heterocycles. The van der Waals surface area contributed by atoms with Gasteiger partial charge in [-0.05, 0) is 6.07 Å². The fraction of sp³-hybridized carbons (Fsp3) is 0. The maximum absolute atomic E-state index is 10.4. The molecule has 6 heteroatoms. The quantitative estimate of drug-likeness (QED) is 0.399. The molecule has 66 valence electrons. The summed E-state index contributed by atoms with van der Waals surface area (Å²) in [6.07, 6.45) is 0. The van der Waals surface area contributed by atoms with Crippen molar-refractivity contribution in [3.63, 3.8) is 0 Å². The first-order chi connectivity index (χ1) is 6.16. The molecule has 5 nitrogen and oxygen atoms in total. The van der Waals surface area contributed by atoms with E-state index in [1.807, 2.05) is 0 Å². The van der Waals surface area contributed by atoms with E-state index in [1.165, 1.54) is 18.2 Å². The molecule has 2 rings (SSSR count). The Balaban J connectivity index is 2.74. The van der Waals surface area contributed by atoms with Crippen LogP contribution < -0.4 is 0 Å². The minimum absolute atomic E-state index is 0.0319. The Hall–Kier alpha value is -1.69. The maximum atomic E-state index is 10.4. The third-order valence-corrected chi connectivity index (χ3v) is 1.69. The van der Waals surface area contributed by atoms with Crippen molar-refractivity contribution >= 4 is 29.1 Å². The summed E-state index contributed by atoms with van der Waals surface area (Å²) in [7, 11) is 0. The van der Waals surface area contributed by atoms with Crippen LogP contribution in [0.5, 0.6) is 0 Å². The SMILES string of the molecule is O=[N+]([O-])c1ccc2oc(=S)oc2c1. The molecule has 0 unspecified atom stereocenters. The minimum atomic E-state index is -0.509. The van der Waals surface area contributed by atoms with Crippen LogP contribution in [-0.2, 0) is 0 Å². The third-order valence-electron chi connectivity index (χ3n) is 1.52. The molecular weight excluding hydrogens is 194 g/mol. The lowest BCUT2D eigenvalue weighted by Crippen LogP contribution is -1.85. The van der Waals surface area contributed by atoms with Crippen LogP contribution in [0, 0.1) is 15.0 Å². The molecule has 0 aliphatic carbocycles. The summed E-state index contributed by atoms with van der Waals surface area (Å²) in [4.78, 5) is 9.82. The molecular formula is C7H3NO4S. The van der Waals surface area contributed by atoms with E-state index >= 15 is 0 Å². The molecule has 0 saturated heterocycles. The van der Waals surface area contributed by atoms with E-state index in [1.54, 1.807) is 0 Å². The molecule has 13 heavy (non-hydrogen) atoms. The van der Waals surface area contributed by atoms with E-state index in [0.717, 1.165) is 0 Å². The van der Waals surface area contributed by atoms with E-state index in [0.29, 0.717) is 11.2 Å². The second kappa shape index (κ2) is 2.67. The van der Waals surface area contributed by atoms with Gasteiger partial charge in [-0.2, -0.15) is 0 Å². The molecule has 0 aliphatic rings. The number of hydrogen-bond acceptors (Lipinski definition) is 5. The van der Waals surface area contributed by atoms with Crippen molar-refractivity contribution in [3.8, 4) is 0 Å². The zero-order chi connectivity index (χ0) is 9.42. The number of fused-ring (bicyclic) bond motifs is 1. The second-order valence-corrected chi connectivity index (χ2v) is 2.68. The van der Waals surface area contributed by atoms with Crippen LogP contribution in [0.4, 0.5) is 5.69 Å². The average Bonchev–Trinajstić information content (AvgIpc) is 2.42. The summed E-state index contributed by atoms with van der Waals surface area (Å²) in [5.74, 6) is 0. The Bertz CT molecular complexity index is 527. The highest BCUT2D eigenvalue weighted by Gasteiger charge is 2.09.